The largest absolute Gasteiger partial charge is 0.465 e. The number of β-amino-alcohol motifs (C(OH)–C–C–N with tert-alkyl or cyclic N) is 1. The molecule has 1 aromatic rings. The number of rotatable bonds is 4. The minimum atomic E-state index is -2.35. The maximum Gasteiger partial charge on any atom is 0.404 e. The van der Waals surface area contributed by atoms with Crippen LogP contribution >= 0.6 is 0 Å². The summed E-state index contributed by atoms with van der Waals surface area (Å²) in [6.07, 6.45) is 0.902. The highest BCUT2D eigenvalue weighted by Gasteiger charge is 2.13. The molecule has 3 rings (SSSR count). The molecule has 2 aliphatic rings. The first-order valence-electron chi connectivity index (χ1n) is 9.32. The number of alkyl halides is 2. The summed E-state index contributed by atoms with van der Waals surface area (Å²) >= 11 is 0. The van der Waals surface area contributed by atoms with Crippen LogP contribution in [0, 0.1) is 6.92 Å². The maximum absolute atomic E-state index is 11.9. The van der Waals surface area contributed by atoms with Crippen molar-refractivity contribution >= 4 is 6.09 Å². The Bertz CT molecular complexity index is 517. The molecule has 2 atom stereocenters. The van der Waals surface area contributed by atoms with Crippen LogP contribution < -0.4 is 16.0 Å². The first-order chi connectivity index (χ1) is 12.9. The highest BCUT2D eigenvalue weighted by molar-refractivity contribution is 5.64. The fourth-order valence-corrected chi connectivity index (χ4v) is 2.71. The number of benzene rings is 1. The van der Waals surface area contributed by atoms with Crippen molar-refractivity contribution in [3.8, 4) is 0 Å². The monoisotopic (exact) mass is 387 g/mol. The molecule has 0 spiro atoms. The summed E-state index contributed by atoms with van der Waals surface area (Å²) < 4.78 is 23.8. The molecular formula is C19H31F2N3O3. The Hall–Kier alpha value is -1.77. The molecule has 27 heavy (non-hydrogen) atoms. The molecule has 8 heteroatoms. The van der Waals surface area contributed by atoms with Crippen molar-refractivity contribution in [1.82, 2.24) is 16.0 Å². The molecule has 2 unspecified atom stereocenters. The number of aliphatic hydroxyl groups is 1. The molecule has 154 valence electrons. The molecule has 2 aliphatic heterocycles. The molecule has 0 bridgehead atoms. The van der Waals surface area contributed by atoms with Gasteiger partial charge in [0.25, 0.3) is 6.43 Å². The van der Waals surface area contributed by atoms with Crippen LogP contribution in [0.1, 0.15) is 43.2 Å². The van der Waals surface area contributed by atoms with Crippen molar-refractivity contribution in [2.45, 2.75) is 51.2 Å². The summed E-state index contributed by atoms with van der Waals surface area (Å²) in [5.74, 6) is 0. The molecule has 2 saturated heterocycles. The van der Waals surface area contributed by atoms with Crippen molar-refractivity contribution < 1.29 is 23.8 Å². The number of halogens is 2. The molecule has 2 fully saturated rings. The van der Waals surface area contributed by atoms with Gasteiger partial charge in [0.05, 0.1) is 6.10 Å². The van der Waals surface area contributed by atoms with Crippen LogP contribution in [0.3, 0.4) is 0 Å². The Morgan fingerprint density at radius 3 is 2.37 bits per heavy atom. The van der Waals surface area contributed by atoms with Gasteiger partial charge in [-0.1, -0.05) is 29.8 Å². The second-order valence-corrected chi connectivity index (χ2v) is 6.67. The van der Waals surface area contributed by atoms with E-state index >= 15 is 0 Å². The zero-order valence-electron chi connectivity index (χ0n) is 15.8. The normalized spacial score (nSPS) is 21.1. The minimum absolute atomic E-state index is 0.0648. The number of aliphatic hydroxyl groups excluding tert-OH is 1. The van der Waals surface area contributed by atoms with Gasteiger partial charge in [0.1, 0.15) is 0 Å². The van der Waals surface area contributed by atoms with Gasteiger partial charge in [-0.15, -0.1) is 0 Å². The SMILES string of the molecule is Cc1ccc(C(F)F)cc1.O=C(O)NCCC1CCCN1.OC1CCNC1. The van der Waals surface area contributed by atoms with Crippen molar-refractivity contribution in [2.24, 2.45) is 0 Å². The Balaban J connectivity index is 0.000000211. The van der Waals surface area contributed by atoms with E-state index in [0.29, 0.717) is 12.6 Å². The van der Waals surface area contributed by atoms with E-state index in [9.17, 15) is 13.6 Å². The lowest BCUT2D eigenvalue weighted by Gasteiger charge is -2.08. The van der Waals surface area contributed by atoms with E-state index in [1.54, 1.807) is 12.1 Å². The second kappa shape index (κ2) is 13.4. The summed E-state index contributed by atoms with van der Waals surface area (Å²) in [7, 11) is 0. The maximum atomic E-state index is 11.9. The topological polar surface area (TPSA) is 93.6 Å². The fourth-order valence-electron chi connectivity index (χ4n) is 2.71. The number of nitrogens with one attached hydrogen (secondary N) is 3. The van der Waals surface area contributed by atoms with Gasteiger partial charge in [0.15, 0.2) is 0 Å². The molecule has 0 radical (unpaired) electrons. The van der Waals surface area contributed by atoms with Gasteiger partial charge in [0, 0.05) is 24.7 Å². The first-order valence-corrected chi connectivity index (χ1v) is 9.32. The van der Waals surface area contributed by atoms with Gasteiger partial charge >= 0.3 is 6.09 Å². The van der Waals surface area contributed by atoms with Crippen LogP contribution in [-0.4, -0.2) is 54.6 Å². The standard InChI is InChI=1S/C8H8F2.C7H14N2O2.C4H9NO/c1-6-2-4-7(5-3-6)8(9)10;10-7(11)9-5-3-6-2-1-4-8-6;6-4-1-2-5-3-4/h2-5,8H,1H3;6,8-9H,1-5H2,(H,10,11);4-6H,1-3H2. The van der Waals surface area contributed by atoms with E-state index in [4.69, 9.17) is 10.2 Å². The molecular weight excluding hydrogens is 356 g/mol. The molecule has 1 aromatic carbocycles. The summed E-state index contributed by atoms with van der Waals surface area (Å²) in [5, 5.41) is 25.6. The average molecular weight is 387 g/mol. The van der Waals surface area contributed by atoms with Crippen molar-refractivity contribution in [3.05, 3.63) is 35.4 Å². The van der Waals surface area contributed by atoms with Crippen molar-refractivity contribution in [2.75, 3.05) is 26.2 Å². The zero-order valence-corrected chi connectivity index (χ0v) is 15.8. The van der Waals surface area contributed by atoms with Gasteiger partial charge in [0.2, 0.25) is 0 Å². The highest BCUT2D eigenvalue weighted by Crippen LogP contribution is 2.18. The number of carboxylic acid groups (broad SMARTS) is 1. The molecule has 0 saturated carbocycles. The molecule has 0 aliphatic carbocycles. The van der Waals surface area contributed by atoms with E-state index in [1.807, 2.05) is 6.92 Å². The lowest BCUT2D eigenvalue weighted by molar-refractivity contribution is 0.151. The van der Waals surface area contributed by atoms with E-state index in [1.165, 1.54) is 25.0 Å². The van der Waals surface area contributed by atoms with E-state index in [2.05, 4.69) is 16.0 Å². The third kappa shape index (κ3) is 11.5. The van der Waals surface area contributed by atoms with Crippen LogP contribution in [0.25, 0.3) is 0 Å². The quantitative estimate of drug-likeness (QED) is 0.548. The third-order valence-corrected chi connectivity index (χ3v) is 4.30. The van der Waals surface area contributed by atoms with E-state index in [-0.39, 0.29) is 11.7 Å². The Morgan fingerprint density at radius 2 is 1.96 bits per heavy atom. The fraction of sp³-hybridized carbons (Fsp3) is 0.632. The summed E-state index contributed by atoms with van der Waals surface area (Å²) in [5.41, 5.74) is 1.09. The van der Waals surface area contributed by atoms with E-state index < -0.39 is 12.5 Å². The molecule has 0 aromatic heterocycles. The smallest absolute Gasteiger partial charge is 0.404 e. The molecule has 2 heterocycles. The third-order valence-electron chi connectivity index (χ3n) is 4.30. The van der Waals surface area contributed by atoms with Gasteiger partial charge in [-0.3, -0.25) is 0 Å². The van der Waals surface area contributed by atoms with Gasteiger partial charge in [-0.2, -0.15) is 0 Å². The average Bonchev–Trinajstić information content (AvgIpc) is 3.30. The zero-order chi connectivity index (χ0) is 20.1. The van der Waals surface area contributed by atoms with E-state index in [0.717, 1.165) is 38.0 Å². The van der Waals surface area contributed by atoms with Crippen LogP contribution in [0.5, 0.6) is 0 Å². The van der Waals surface area contributed by atoms with Crippen LogP contribution in [-0.2, 0) is 0 Å². The van der Waals surface area contributed by atoms with Crippen molar-refractivity contribution in [3.63, 3.8) is 0 Å². The predicted molar refractivity (Wildman–Crippen MR) is 101 cm³/mol. The first kappa shape index (κ1) is 23.3. The summed E-state index contributed by atoms with van der Waals surface area (Å²) in [4.78, 5) is 10.0. The Kier molecular flexibility index (Phi) is 11.6. The van der Waals surface area contributed by atoms with Gasteiger partial charge in [-0.25, -0.2) is 13.6 Å². The number of hydrogen-bond donors (Lipinski definition) is 5. The predicted octanol–water partition coefficient (Wildman–Crippen LogP) is 2.67. The number of hydrogen-bond acceptors (Lipinski definition) is 4. The van der Waals surface area contributed by atoms with Crippen LogP contribution in [0.15, 0.2) is 24.3 Å². The molecule has 5 N–H and O–H groups in total. The van der Waals surface area contributed by atoms with Crippen LogP contribution in [0.2, 0.25) is 0 Å². The number of carbonyl (C=O) groups is 1. The Morgan fingerprint density at radius 1 is 1.26 bits per heavy atom. The Labute approximate surface area is 159 Å². The number of amides is 1. The molecule has 6 nitrogen and oxygen atoms in total. The van der Waals surface area contributed by atoms with Gasteiger partial charge < -0.3 is 26.2 Å². The second-order valence-electron chi connectivity index (χ2n) is 6.67. The van der Waals surface area contributed by atoms with Crippen LogP contribution in [0.4, 0.5) is 13.6 Å². The molecule has 1 amide bonds. The van der Waals surface area contributed by atoms with Crippen molar-refractivity contribution in [1.29, 1.82) is 0 Å². The number of aryl methyl sites for hydroxylation is 1. The van der Waals surface area contributed by atoms with Gasteiger partial charge in [-0.05, 0) is 45.7 Å². The summed E-state index contributed by atoms with van der Waals surface area (Å²) in [6.45, 7) is 5.29. The lowest BCUT2D eigenvalue weighted by Crippen LogP contribution is -2.29. The summed E-state index contributed by atoms with van der Waals surface area (Å²) in [6, 6.07) is 6.78. The minimum Gasteiger partial charge on any atom is -0.465 e. The lowest BCUT2D eigenvalue weighted by atomic mass is 10.2. The highest BCUT2D eigenvalue weighted by atomic mass is 19.3.